The maximum absolute atomic E-state index is 13.0. The molecule has 0 saturated carbocycles. The average Bonchev–Trinajstić information content (AvgIpc) is 3.22. The third-order valence-electron chi connectivity index (χ3n) is 4.30. The van der Waals surface area contributed by atoms with Crippen molar-refractivity contribution >= 4 is 41.9 Å². The van der Waals surface area contributed by atoms with Gasteiger partial charge in [-0.3, -0.25) is 0 Å². The van der Waals surface area contributed by atoms with Gasteiger partial charge in [0.25, 0.3) is 9.05 Å². The molecule has 8 heteroatoms. The maximum Gasteiger partial charge on any atom is 0.261 e. The summed E-state index contributed by atoms with van der Waals surface area (Å²) in [6.45, 7) is 0.741. The summed E-state index contributed by atoms with van der Waals surface area (Å²) in [4.78, 5) is 6.89. The molecule has 4 nitrogen and oxygen atoms in total. The minimum atomic E-state index is -3.73. The first-order valence-corrected chi connectivity index (χ1v) is 11.1. The monoisotopic (exact) mass is 408 g/mol. The van der Waals surface area contributed by atoms with E-state index < -0.39 is 9.05 Å². The fourth-order valence-electron chi connectivity index (χ4n) is 3.04. The van der Waals surface area contributed by atoms with Crippen molar-refractivity contribution in [3.05, 3.63) is 70.5 Å². The summed E-state index contributed by atoms with van der Waals surface area (Å²) < 4.78 is 36.0. The van der Waals surface area contributed by atoms with E-state index in [4.69, 9.17) is 10.7 Å². The fraction of sp³-hybridized carbons (Fsp3) is 0.167. The Hall–Kier alpha value is -1.96. The Labute approximate surface area is 159 Å². The van der Waals surface area contributed by atoms with Crippen LogP contribution >= 0.6 is 22.0 Å². The van der Waals surface area contributed by atoms with Gasteiger partial charge in [-0.05, 0) is 47.9 Å². The van der Waals surface area contributed by atoms with Crippen LogP contribution in [0.5, 0.6) is 0 Å². The molecule has 0 amide bonds. The molecular weight excluding hydrogens is 395 g/mol. The highest BCUT2D eigenvalue weighted by atomic mass is 35.7. The van der Waals surface area contributed by atoms with E-state index in [1.165, 1.54) is 29.5 Å². The van der Waals surface area contributed by atoms with E-state index in [1.807, 2.05) is 5.38 Å². The van der Waals surface area contributed by atoms with Gasteiger partial charge in [-0.2, -0.15) is 0 Å². The molecule has 0 radical (unpaired) electrons. The third kappa shape index (κ3) is 3.47. The smallest absolute Gasteiger partial charge is 0.261 e. The van der Waals surface area contributed by atoms with Gasteiger partial charge in [-0.25, -0.2) is 17.8 Å². The Kier molecular flexibility index (Phi) is 4.46. The number of thiazole rings is 1. The first-order valence-electron chi connectivity index (χ1n) is 7.94. The van der Waals surface area contributed by atoms with Crippen LogP contribution in [0, 0.1) is 5.82 Å². The summed E-state index contributed by atoms with van der Waals surface area (Å²) >= 11 is 1.54. The van der Waals surface area contributed by atoms with Crippen LogP contribution in [-0.2, 0) is 21.9 Å². The Morgan fingerprint density at radius 1 is 1.19 bits per heavy atom. The lowest BCUT2D eigenvalue weighted by atomic mass is 10.1. The van der Waals surface area contributed by atoms with Crippen molar-refractivity contribution in [1.29, 1.82) is 0 Å². The number of aromatic nitrogens is 1. The first kappa shape index (κ1) is 17.5. The summed E-state index contributed by atoms with van der Waals surface area (Å²) in [5.41, 5.74) is 3.82. The second-order valence-electron chi connectivity index (χ2n) is 6.05. The number of benzene rings is 2. The molecular formula is C18H14ClFN2O2S2. The fourth-order valence-corrected chi connectivity index (χ4v) is 4.71. The molecule has 0 atom stereocenters. The zero-order chi connectivity index (χ0) is 18.3. The van der Waals surface area contributed by atoms with Crippen molar-refractivity contribution in [2.24, 2.45) is 0 Å². The van der Waals surface area contributed by atoms with Gasteiger partial charge in [0.15, 0.2) is 5.13 Å². The van der Waals surface area contributed by atoms with E-state index in [9.17, 15) is 12.8 Å². The largest absolute Gasteiger partial charge is 0.317 e. The van der Waals surface area contributed by atoms with Gasteiger partial charge in [0.1, 0.15) is 5.82 Å². The van der Waals surface area contributed by atoms with E-state index in [0.717, 1.165) is 40.6 Å². The summed E-state index contributed by atoms with van der Waals surface area (Å²) in [6.07, 6.45) is 1.38. The van der Waals surface area contributed by atoms with Gasteiger partial charge in [-0.15, -0.1) is 11.3 Å². The van der Waals surface area contributed by atoms with E-state index in [0.29, 0.717) is 6.42 Å². The third-order valence-corrected chi connectivity index (χ3v) is 6.56. The normalized spacial score (nSPS) is 13.8. The van der Waals surface area contributed by atoms with Crippen LogP contribution in [-0.4, -0.2) is 19.9 Å². The summed E-state index contributed by atoms with van der Waals surface area (Å²) in [5, 5.41) is 2.86. The van der Waals surface area contributed by atoms with Crippen molar-refractivity contribution in [1.82, 2.24) is 4.98 Å². The zero-order valence-corrected chi connectivity index (χ0v) is 15.9. The molecule has 0 unspecified atom stereocenters. The van der Waals surface area contributed by atoms with Crippen molar-refractivity contribution in [2.75, 3.05) is 11.4 Å². The van der Waals surface area contributed by atoms with Crippen LogP contribution in [0.4, 0.5) is 15.2 Å². The number of halogens is 2. The SMILES string of the molecule is O=S(=O)(Cl)c1ccc2c(c1)CCN2c1nc(Cc2ccc(F)cc2)cs1. The molecule has 0 spiro atoms. The molecule has 0 bridgehead atoms. The van der Waals surface area contributed by atoms with Crippen molar-refractivity contribution in [2.45, 2.75) is 17.7 Å². The van der Waals surface area contributed by atoms with E-state index in [-0.39, 0.29) is 10.7 Å². The van der Waals surface area contributed by atoms with Crippen LogP contribution < -0.4 is 4.90 Å². The van der Waals surface area contributed by atoms with Gasteiger partial charge >= 0.3 is 0 Å². The van der Waals surface area contributed by atoms with E-state index in [1.54, 1.807) is 24.3 Å². The Morgan fingerprint density at radius 2 is 1.96 bits per heavy atom. The van der Waals surface area contributed by atoms with Crippen molar-refractivity contribution in [3.63, 3.8) is 0 Å². The maximum atomic E-state index is 13.0. The Balaban J connectivity index is 1.57. The molecule has 0 N–H and O–H groups in total. The van der Waals surface area contributed by atoms with Crippen LogP contribution in [0.1, 0.15) is 16.8 Å². The molecule has 0 aliphatic carbocycles. The van der Waals surface area contributed by atoms with Crippen LogP contribution in [0.25, 0.3) is 0 Å². The highest BCUT2D eigenvalue weighted by molar-refractivity contribution is 8.13. The molecule has 134 valence electrons. The highest BCUT2D eigenvalue weighted by Crippen LogP contribution is 2.37. The second kappa shape index (κ2) is 6.64. The van der Waals surface area contributed by atoms with Gasteiger partial charge in [0.05, 0.1) is 10.6 Å². The number of rotatable bonds is 4. The molecule has 2 heterocycles. The number of hydrogen-bond acceptors (Lipinski definition) is 5. The van der Waals surface area contributed by atoms with E-state index >= 15 is 0 Å². The van der Waals surface area contributed by atoms with Crippen molar-refractivity contribution in [3.8, 4) is 0 Å². The lowest BCUT2D eigenvalue weighted by Gasteiger charge is -2.15. The molecule has 4 rings (SSSR count). The molecule has 0 saturated heterocycles. The molecule has 2 aromatic carbocycles. The summed E-state index contributed by atoms with van der Waals surface area (Å²) in [6, 6.07) is 11.3. The Bertz CT molecular complexity index is 1070. The molecule has 26 heavy (non-hydrogen) atoms. The summed E-state index contributed by atoms with van der Waals surface area (Å²) in [7, 11) is 1.70. The van der Waals surface area contributed by atoms with Crippen LogP contribution in [0.2, 0.25) is 0 Å². The number of hydrogen-bond donors (Lipinski definition) is 0. The number of anilines is 2. The molecule has 0 fully saturated rings. The quantitative estimate of drug-likeness (QED) is 0.596. The topological polar surface area (TPSA) is 50.3 Å². The highest BCUT2D eigenvalue weighted by Gasteiger charge is 2.24. The van der Waals surface area contributed by atoms with Gasteiger partial charge in [-0.1, -0.05) is 12.1 Å². The Morgan fingerprint density at radius 3 is 2.69 bits per heavy atom. The molecule has 1 aliphatic rings. The lowest BCUT2D eigenvalue weighted by molar-refractivity contribution is 0.609. The molecule has 1 aromatic heterocycles. The number of nitrogens with zero attached hydrogens (tertiary/aromatic N) is 2. The average molecular weight is 409 g/mol. The van der Waals surface area contributed by atoms with E-state index in [2.05, 4.69) is 9.88 Å². The van der Waals surface area contributed by atoms with Crippen molar-refractivity contribution < 1.29 is 12.8 Å². The minimum absolute atomic E-state index is 0.121. The standard InChI is InChI=1S/C18H14ClFN2O2S2/c19-26(23,24)16-5-6-17-13(10-16)7-8-22(17)18-21-15(11-25-18)9-12-1-3-14(20)4-2-12/h1-6,10-11H,7-9H2. The summed E-state index contributed by atoms with van der Waals surface area (Å²) in [5.74, 6) is -0.250. The lowest BCUT2D eigenvalue weighted by Crippen LogP contribution is -2.13. The first-order chi connectivity index (χ1) is 12.4. The van der Waals surface area contributed by atoms with Crippen LogP contribution in [0.15, 0.2) is 52.7 Å². The van der Waals surface area contributed by atoms with Gasteiger partial charge in [0.2, 0.25) is 0 Å². The minimum Gasteiger partial charge on any atom is -0.317 e. The second-order valence-corrected chi connectivity index (χ2v) is 9.46. The zero-order valence-electron chi connectivity index (χ0n) is 13.5. The molecule has 1 aliphatic heterocycles. The number of fused-ring (bicyclic) bond motifs is 1. The predicted molar refractivity (Wildman–Crippen MR) is 102 cm³/mol. The van der Waals surface area contributed by atoms with Gasteiger partial charge in [0, 0.05) is 34.7 Å². The van der Waals surface area contributed by atoms with Crippen LogP contribution in [0.3, 0.4) is 0 Å². The van der Waals surface area contributed by atoms with Gasteiger partial charge < -0.3 is 4.90 Å². The molecule has 3 aromatic rings. The predicted octanol–water partition coefficient (Wildman–Crippen LogP) is 4.49.